The van der Waals surface area contributed by atoms with Crippen LogP contribution in [0.25, 0.3) is 0 Å². The third-order valence-corrected chi connectivity index (χ3v) is 3.15. The van der Waals surface area contributed by atoms with Crippen LogP contribution < -0.4 is 10.6 Å². The number of ether oxygens (including phenoxy) is 1. The van der Waals surface area contributed by atoms with Crippen LogP contribution in [-0.2, 0) is 4.74 Å². The molecule has 0 unspecified atom stereocenters. The van der Waals surface area contributed by atoms with Gasteiger partial charge in [-0.25, -0.2) is 4.79 Å². The number of carbonyl (C=O) groups excluding carboxylic acids is 2. The molecule has 23 heavy (non-hydrogen) atoms. The van der Waals surface area contributed by atoms with Crippen molar-refractivity contribution in [3.63, 3.8) is 0 Å². The number of aromatic hydroxyl groups is 1. The number of phenols is 1. The summed E-state index contributed by atoms with van der Waals surface area (Å²) in [6.07, 6.45) is 0. The van der Waals surface area contributed by atoms with Crippen molar-refractivity contribution in [3.8, 4) is 5.75 Å². The number of rotatable bonds is 3. The lowest BCUT2D eigenvalue weighted by Gasteiger charge is -2.10. The minimum Gasteiger partial charge on any atom is -0.506 e. The number of hydrogen-bond acceptors (Lipinski definition) is 5. The number of para-hydroxylation sites is 2. The third kappa shape index (κ3) is 4.27. The number of carbonyl (C=O) groups is 2. The van der Waals surface area contributed by atoms with E-state index < -0.39 is 11.9 Å². The van der Waals surface area contributed by atoms with Gasteiger partial charge in [-0.15, -0.1) is 0 Å². The van der Waals surface area contributed by atoms with Crippen molar-refractivity contribution >= 4 is 34.9 Å². The fourth-order valence-corrected chi connectivity index (χ4v) is 1.99. The van der Waals surface area contributed by atoms with Crippen LogP contribution in [0.3, 0.4) is 0 Å². The Hall–Kier alpha value is -2.93. The number of amides is 1. The van der Waals surface area contributed by atoms with Crippen LogP contribution in [0.2, 0.25) is 0 Å². The van der Waals surface area contributed by atoms with Crippen molar-refractivity contribution in [2.45, 2.75) is 0 Å². The lowest BCUT2D eigenvalue weighted by Crippen LogP contribution is -2.34. The van der Waals surface area contributed by atoms with Crippen molar-refractivity contribution in [1.29, 1.82) is 0 Å². The maximum Gasteiger partial charge on any atom is 0.337 e. The summed E-state index contributed by atoms with van der Waals surface area (Å²) < 4.78 is 4.58. The first-order valence-corrected chi connectivity index (χ1v) is 7.01. The van der Waals surface area contributed by atoms with Gasteiger partial charge in [0, 0.05) is 5.56 Å². The minimum absolute atomic E-state index is 0.0199. The van der Waals surface area contributed by atoms with E-state index in [-0.39, 0.29) is 10.9 Å². The third-order valence-electron chi connectivity index (χ3n) is 2.95. The Morgan fingerprint density at radius 1 is 1.04 bits per heavy atom. The predicted octanol–water partition coefficient (Wildman–Crippen LogP) is 2.31. The maximum absolute atomic E-state index is 12.1. The van der Waals surface area contributed by atoms with Gasteiger partial charge in [-0.1, -0.05) is 12.1 Å². The topological polar surface area (TPSA) is 87.7 Å². The van der Waals surface area contributed by atoms with E-state index in [1.54, 1.807) is 18.2 Å². The molecule has 2 aromatic rings. The number of methoxy groups -OCH3 is 1. The highest BCUT2D eigenvalue weighted by molar-refractivity contribution is 7.80. The van der Waals surface area contributed by atoms with Crippen LogP contribution in [0.15, 0.2) is 48.5 Å². The summed E-state index contributed by atoms with van der Waals surface area (Å²) in [5.41, 5.74) is 1.07. The molecule has 0 saturated carbocycles. The zero-order valence-electron chi connectivity index (χ0n) is 12.2. The second kappa shape index (κ2) is 7.37. The van der Waals surface area contributed by atoms with E-state index in [0.29, 0.717) is 16.8 Å². The van der Waals surface area contributed by atoms with Gasteiger partial charge in [-0.3, -0.25) is 10.1 Å². The number of nitrogens with one attached hydrogen (secondary N) is 2. The van der Waals surface area contributed by atoms with Gasteiger partial charge in [-0.05, 0) is 48.6 Å². The van der Waals surface area contributed by atoms with Crippen molar-refractivity contribution in [2.24, 2.45) is 0 Å². The van der Waals surface area contributed by atoms with Crippen molar-refractivity contribution in [2.75, 3.05) is 12.4 Å². The van der Waals surface area contributed by atoms with E-state index in [1.807, 2.05) is 0 Å². The van der Waals surface area contributed by atoms with Gasteiger partial charge in [0.1, 0.15) is 5.75 Å². The summed E-state index contributed by atoms with van der Waals surface area (Å²) in [4.78, 5) is 23.4. The second-order valence-corrected chi connectivity index (χ2v) is 4.90. The largest absolute Gasteiger partial charge is 0.506 e. The van der Waals surface area contributed by atoms with Crippen molar-refractivity contribution in [3.05, 3.63) is 59.7 Å². The summed E-state index contributed by atoms with van der Waals surface area (Å²) in [6.45, 7) is 0. The molecule has 0 aliphatic heterocycles. The van der Waals surface area contributed by atoms with Crippen LogP contribution in [-0.4, -0.2) is 29.2 Å². The SMILES string of the molecule is COC(=O)c1ccc(C(=O)NC(=S)Nc2ccccc2O)cc1. The Morgan fingerprint density at radius 2 is 1.65 bits per heavy atom. The number of benzene rings is 2. The van der Waals surface area contributed by atoms with E-state index in [2.05, 4.69) is 15.4 Å². The monoisotopic (exact) mass is 330 g/mol. The summed E-state index contributed by atoms with van der Waals surface area (Å²) in [7, 11) is 1.28. The maximum atomic E-state index is 12.1. The molecule has 3 N–H and O–H groups in total. The first kappa shape index (κ1) is 16.4. The Labute approximate surface area is 138 Å². The zero-order chi connectivity index (χ0) is 16.8. The van der Waals surface area contributed by atoms with E-state index in [4.69, 9.17) is 12.2 Å². The summed E-state index contributed by atoms with van der Waals surface area (Å²) in [5, 5.41) is 14.9. The van der Waals surface area contributed by atoms with Crippen LogP contribution in [0.1, 0.15) is 20.7 Å². The summed E-state index contributed by atoms with van der Waals surface area (Å²) in [5.74, 6) is -0.894. The standard InChI is InChI=1S/C16H14N2O4S/c1-22-15(21)11-8-6-10(7-9-11)14(20)18-16(23)17-12-4-2-3-5-13(12)19/h2-9,19H,1H3,(H2,17,18,20,23). The average Bonchev–Trinajstić information content (AvgIpc) is 2.56. The second-order valence-electron chi connectivity index (χ2n) is 4.49. The lowest BCUT2D eigenvalue weighted by molar-refractivity contribution is 0.0600. The van der Waals surface area contributed by atoms with Gasteiger partial charge in [0.2, 0.25) is 0 Å². The molecule has 6 nitrogen and oxygen atoms in total. The van der Waals surface area contributed by atoms with E-state index >= 15 is 0 Å². The van der Waals surface area contributed by atoms with E-state index in [1.165, 1.54) is 37.4 Å². The molecule has 2 rings (SSSR count). The van der Waals surface area contributed by atoms with Gasteiger partial charge < -0.3 is 15.2 Å². The fourth-order valence-electron chi connectivity index (χ4n) is 1.78. The van der Waals surface area contributed by atoms with Crippen LogP contribution >= 0.6 is 12.2 Å². The van der Waals surface area contributed by atoms with Gasteiger partial charge >= 0.3 is 5.97 Å². The molecular weight excluding hydrogens is 316 g/mol. The normalized spacial score (nSPS) is 9.78. The molecule has 0 aromatic heterocycles. The number of phenolic OH excluding ortho intramolecular Hbond substituents is 1. The van der Waals surface area contributed by atoms with Gasteiger partial charge in [0.25, 0.3) is 5.91 Å². The fraction of sp³-hybridized carbons (Fsp3) is 0.0625. The van der Waals surface area contributed by atoms with E-state index in [9.17, 15) is 14.7 Å². The first-order chi connectivity index (χ1) is 11.0. The van der Waals surface area contributed by atoms with Crippen LogP contribution in [0, 0.1) is 0 Å². The highest BCUT2D eigenvalue weighted by Gasteiger charge is 2.11. The average molecular weight is 330 g/mol. The first-order valence-electron chi connectivity index (χ1n) is 6.60. The van der Waals surface area contributed by atoms with Crippen LogP contribution in [0.4, 0.5) is 5.69 Å². The summed E-state index contributed by atoms with van der Waals surface area (Å²) in [6, 6.07) is 12.5. The number of anilines is 1. The Bertz CT molecular complexity index is 744. The molecule has 0 heterocycles. The van der Waals surface area contributed by atoms with Crippen molar-refractivity contribution < 1.29 is 19.4 Å². The molecular formula is C16H14N2O4S. The predicted molar refractivity (Wildman–Crippen MR) is 89.6 cm³/mol. The molecule has 0 atom stereocenters. The summed E-state index contributed by atoms with van der Waals surface area (Å²) >= 11 is 5.03. The molecule has 0 aliphatic carbocycles. The molecule has 118 valence electrons. The van der Waals surface area contributed by atoms with Gasteiger partial charge in [-0.2, -0.15) is 0 Å². The molecule has 2 aromatic carbocycles. The number of hydrogen-bond donors (Lipinski definition) is 3. The lowest BCUT2D eigenvalue weighted by atomic mass is 10.1. The number of esters is 1. The molecule has 1 amide bonds. The van der Waals surface area contributed by atoms with Gasteiger partial charge in [0.05, 0.1) is 18.4 Å². The molecule has 0 aliphatic rings. The Morgan fingerprint density at radius 3 is 2.26 bits per heavy atom. The highest BCUT2D eigenvalue weighted by Crippen LogP contribution is 2.21. The zero-order valence-corrected chi connectivity index (χ0v) is 13.0. The Balaban J connectivity index is 2.00. The smallest absolute Gasteiger partial charge is 0.337 e. The molecule has 0 saturated heterocycles. The van der Waals surface area contributed by atoms with Gasteiger partial charge in [0.15, 0.2) is 5.11 Å². The molecule has 0 spiro atoms. The highest BCUT2D eigenvalue weighted by atomic mass is 32.1. The molecule has 0 fully saturated rings. The molecule has 0 bridgehead atoms. The van der Waals surface area contributed by atoms with Crippen LogP contribution in [0.5, 0.6) is 5.75 Å². The number of thiocarbonyl (C=S) groups is 1. The Kier molecular flexibility index (Phi) is 5.27. The minimum atomic E-state index is -0.478. The van der Waals surface area contributed by atoms with E-state index in [0.717, 1.165) is 0 Å². The quantitative estimate of drug-likeness (QED) is 0.455. The molecule has 0 radical (unpaired) electrons. The molecule has 7 heteroatoms. The van der Waals surface area contributed by atoms with Crippen molar-refractivity contribution in [1.82, 2.24) is 5.32 Å².